The SMILES string of the molecule is CNS(=O)(=O)Cc1ccc(CNC(=O)CCc2ccc(Cl)cc2Cl)cc1. The van der Waals surface area contributed by atoms with Gasteiger partial charge in [-0.2, -0.15) is 0 Å². The van der Waals surface area contributed by atoms with E-state index in [1.165, 1.54) is 7.05 Å². The molecule has 0 heterocycles. The number of carbonyl (C=O) groups excluding carboxylic acids is 1. The minimum Gasteiger partial charge on any atom is -0.352 e. The molecule has 0 aliphatic carbocycles. The fraction of sp³-hybridized carbons (Fsp3) is 0.278. The molecule has 0 aromatic heterocycles. The Morgan fingerprint density at radius 1 is 1.04 bits per heavy atom. The zero-order chi connectivity index (χ0) is 19.2. The Morgan fingerprint density at radius 3 is 2.31 bits per heavy atom. The lowest BCUT2D eigenvalue weighted by molar-refractivity contribution is -0.121. The van der Waals surface area contributed by atoms with Crippen molar-refractivity contribution in [3.8, 4) is 0 Å². The Labute approximate surface area is 163 Å². The number of halogens is 2. The molecule has 2 aromatic carbocycles. The van der Waals surface area contributed by atoms with Crippen molar-refractivity contribution in [3.63, 3.8) is 0 Å². The number of hydrogen-bond acceptors (Lipinski definition) is 3. The summed E-state index contributed by atoms with van der Waals surface area (Å²) in [5.41, 5.74) is 2.46. The number of hydrogen-bond donors (Lipinski definition) is 2. The molecule has 0 atom stereocenters. The van der Waals surface area contributed by atoms with Crippen LogP contribution in [-0.2, 0) is 33.5 Å². The average molecular weight is 415 g/mol. The second-order valence-electron chi connectivity index (χ2n) is 5.79. The molecular formula is C18H20Cl2N2O3S. The van der Waals surface area contributed by atoms with E-state index in [2.05, 4.69) is 10.0 Å². The van der Waals surface area contributed by atoms with Crippen LogP contribution in [0.15, 0.2) is 42.5 Å². The van der Waals surface area contributed by atoms with Crippen molar-refractivity contribution < 1.29 is 13.2 Å². The molecule has 0 radical (unpaired) electrons. The highest BCUT2D eigenvalue weighted by molar-refractivity contribution is 7.88. The summed E-state index contributed by atoms with van der Waals surface area (Å²) < 4.78 is 25.3. The lowest BCUT2D eigenvalue weighted by Crippen LogP contribution is -2.23. The average Bonchev–Trinajstić information content (AvgIpc) is 2.60. The van der Waals surface area contributed by atoms with Crippen LogP contribution in [0.3, 0.4) is 0 Å². The molecule has 5 nitrogen and oxygen atoms in total. The van der Waals surface area contributed by atoms with E-state index in [1.807, 2.05) is 6.07 Å². The molecule has 0 bridgehead atoms. The highest BCUT2D eigenvalue weighted by Gasteiger charge is 2.09. The van der Waals surface area contributed by atoms with E-state index in [0.29, 0.717) is 35.0 Å². The topological polar surface area (TPSA) is 75.3 Å². The van der Waals surface area contributed by atoms with Crippen LogP contribution >= 0.6 is 23.2 Å². The van der Waals surface area contributed by atoms with Crippen molar-refractivity contribution in [1.29, 1.82) is 0 Å². The molecule has 0 aliphatic heterocycles. The van der Waals surface area contributed by atoms with Gasteiger partial charge < -0.3 is 5.32 Å². The summed E-state index contributed by atoms with van der Waals surface area (Å²) >= 11 is 11.9. The number of carbonyl (C=O) groups is 1. The standard InChI is InChI=1S/C18H20Cl2N2O3S/c1-21-26(24,25)12-14-4-2-13(3-5-14)11-22-18(23)9-7-15-6-8-16(19)10-17(15)20/h2-6,8,10,21H,7,9,11-12H2,1H3,(H,22,23). The molecule has 0 saturated heterocycles. The van der Waals surface area contributed by atoms with Gasteiger partial charge in [0.2, 0.25) is 15.9 Å². The first-order valence-electron chi connectivity index (χ1n) is 7.99. The van der Waals surface area contributed by atoms with Crippen LogP contribution in [0.1, 0.15) is 23.1 Å². The van der Waals surface area contributed by atoms with Gasteiger partial charge in [0.05, 0.1) is 5.75 Å². The van der Waals surface area contributed by atoms with Crippen molar-refractivity contribution in [2.75, 3.05) is 7.05 Å². The molecular weight excluding hydrogens is 395 g/mol. The van der Waals surface area contributed by atoms with Gasteiger partial charge in [0.1, 0.15) is 0 Å². The van der Waals surface area contributed by atoms with Gasteiger partial charge in [-0.15, -0.1) is 0 Å². The smallest absolute Gasteiger partial charge is 0.220 e. The maximum absolute atomic E-state index is 12.0. The monoisotopic (exact) mass is 414 g/mol. The molecule has 2 aromatic rings. The Kier molecular flexibility index (Phi) is 7.46. The third-order valence-corrected chi connectivity index (χ3v) is 5.74. The highest BCUT2D eigenvalue weighted by atomic mass is 35.5. The normalized spacial score (nSPS) is 11.3. The molecule has 2 rings (SSSR count). The van der Waals surface area contributed by atoms with Crippen molar-refractivity contribution in [1.82, 2.24) is 10.0 Å². The molecule has 26 heavy (non-hydrogen) atoms. The highest BCUT2D eigenvalue weighted by Crippen LogP contribution is 2.22. The lowest BCUT2D eigenvalue weighted by Gasteiger charge is -2.08. The van der Waals surface area contributed by atoms with Gasteiger partial charge in [0.25, 0.3) is 0 Å². The molecule has 2 N–H and O–H groups in total. The first kappa shape index (κ1) is 20.7. The van der Waals surface area contributed by atoms with E-state index < -0.39 is 10.0 Å². The summed E-state index contributed by atoms with van der Waals surface area (Å²) in [5, 5.41) is 3.96. The minimum atomic E-state index is -3.29. The van der Waals surface area contributed by atoms with E-state index in [4.69, 9.17) is 23.2 Å². The summed E-state index contributed by atoms with van der Waals surface area (Å²) in [6.45, 7) is 0.381. The van der Waals surface area contributed by atoms with Crippen molar-refractivity contribution in [3.05, 3.63) is 69.2 Å². The Morgan fingerprint density at radius 2 is 1.69 bits per heavy atom. The molecule has 0 aliphatic rings. The largest absolute Gasteiger partial charge is 0.352 e. The maximum atomic E-state index is 12.0. The summed E-state index contributed by atoms with van der Waals surface area (Å²) in [4.78, 5) is 12.0. The van der Waals surface area contributed by atoms with Gasteiger partial charge in [0, 0.05) is 23.0 Å². The van der Waals surface area contributed by atoms with E-state index in [-0.39, 0.29) is 11.7 Å². The van der Waals surface area contributed by atoms with Crippen LogP contribution in [0.4, 0.5) is 0 Å². The maximum Gasteiger partial charge on any atom is 0.220 e. The first-order valence-corrected chi connectivity index (χ1v) is 10.4. The van der Waals surface area contributed by atoms with Crippen LogP contribution < -0.4 is 10.0 Å². The zero-order valence-electron chi connectivity index (χ0n) is 14.3. The molecule has 0 unspecified atom stereocenters. The van der Waals surface area contributed by atoms with Gasteiger partial charge in [-0.3, -0.25) is 4.79 Å². The predicted octanol–water partition coefficient (Wildman–Crippen LogP) is 3.29. The zero-order valence-corrected chi connectivity index (χ0v) is 16.6. The predicted molar refractivity (Wildman–Crippen MR) is 105 cm³/mol. The van der Waals surface area contributed by atoms with Gasteiger partial charge in [-0.25, -0.2) is 13.1 Å². The Bertz CT molecular complexity index is 869. The summed E-state index contributed by atoms with van der Waals surface area (Å²) in [5.74, 6) is -0.157. The number of amides is 1. The number of aryl methyl sites for hydroxylation is 1. The Balaban J connectivity index is 1.81. The third-order valence-electron chi connectivity index (χ3n) is 3.82. The summed E-state index contributed by atoms with van der Waals surface area (Å²) in [7, 11) is -1.90. The van der Waals surface area contributed by atoms with E-state index in [0.717, 1.165) is 11.1 Å². The fourth-order valence-electron chi connectivity index (χ4n) is 2.31. The van der Waals surface area contributed by atoms with Gasteiger partial charge in [0.15, 0.2) is 0 Å². The molecule has 0 fully saturated rings. The number of sulfonamides is 1. The lowest BCUT2D eigenvalue weighted by atomic mass is 10.1. The van der Waals surface area contributed by atoms with Crippen LogP contribution in [0, 0.1) is 0 Å². The fourth-order valence-corrected chi connectivity index (χ4v) is 3.59. The third kappa shape index (κ3) is 6.61. The summed E-state index contributed by atoms with van der Waals surface area (Å²) in [6, 6.07) is 12.3. The molecule has 0 spiro atoms. The van der Waals surface area contributed by atoms with Crippen molar-refractivity contribution in [2.24, 2.45) is 0 Å². The van der Waals surface area contributed by atoms with Crippen LogP contribution in [0.5, 0.6) is 0 Å². The van der Waals surface area contributed by atoms with Gasteiger partial charge in [-0.05, 0) is 42.3 Å². The van der Waals surface area contributed by atoms with Crippen molar-refractivity contribution >= 4 is 39.1 Å². The van der Waals surface area contributed by atoms with Crippen LogP contribution in [0.25, 0.3) is 0 Å². The van der Waals surface area contributed by atoms with Gasteiger partial charge >= 0.3 is 0 Å². The molecule has 1 amide bonds. The van der Waals surface area contributed by atoms with Crippen LogP contribution in [0.2, 0.25) is 10.0 Å². The van der Waals surface area contributed by atoms with Crippen LogP contribution in [-0.4, -0.2) is 21.4 Å². The molecule has 0 saturated carbocycles. The number of benzene rings is 2. The quantitative estimate of drug-likeness (QED) is 0.695. The Hall–Kier alpha value is -1.60. The molecule has 8 heteroatoms. The van der Waals surface area contributed by atoms with E-state index in [9.17, 15) is 13.2 Å². The molecule has 140 valence electrons. The second-order valence-corrected chi connectivity index (χ2v) is 8.56. The number of rotatable bonds is 8. The first-order chi connectivity index (χ1) is 12.3. The minimum absolute atomic E-state index is 0.0714. The van der Waals surface area contributed by atoms with E-state index in [1.54, 1.807) is 36.4 Å². The second kappa shape index (κ2) is 9.37. The van der Waals surface area contributed by atoms with Crippen molar-refractivity contribution in [2.45, 2.75) is 25.1 Å². The van der Waals surface area contributed by atoms with Gasteiger partial charge in [-0.1, -0.05) is 53.5 Å². The summed E-state index contributed by atoms with van der Waals surface area (Å²) in [6.07, 6.45) is 0.850. The number of nitrogens with one attached hydrogen (secondary N) is 2. The van der Waals surface area contributed by atoms with E-state index >= 15 is 0 Å².